The van der Waals surface area contributed by atoms with Crippen LogP contribution < -0.4 is 10.3 Å². The van der Waals surface area contributed by atoms with Crippen LogP contribution in [0.25, 0.3) is 10.2 Å². The van der Waals surface area contributed by atoms with Gasteiger partial charge in [0.25, 0.3) is 5.56 Å². The number of aryl methyl sites for hydroxylation is 1. The average molecular weight is 379 g/mol. The summed E-state index contributed by atoms with van der Waals surface area (Å²) in [5.41, 5.74) is 0.925. The molecule has 0 aliphatic rings. The minimum absolute atomic E-state index is 0.0111. The Kier molecular flexibility index (Phi) is 4.31. The van der Waals surface area contributed by atoms with Gasteiger partial charge in [0.2, 0.25) is 0 Å². The van der Waals surface area contributed by atoms with Gasteiger partial charge in [-0.05, 0) is 30.7 Å². The molecule has 0 amide bonds. The Morgan fingerprint density at radius 1 is 1.36 bits per heavy atom. The fourth-order valence-corrected chi connectivity index (χ4v) is 3.68. The van der Waals surface area contributed by atoms with Crippen LogP contribution in [-0.4, -0.2) is 16.7 Å². The monoisotopic (exact) mass is 378 g/mol. The SMILES string of the molecule is CCc1cc2c(=O)n(Cc3cc(Br)ccc3OC)cnc2s1. The molecule has 114 valence electrons. The van der Waals surface area contributed by atoms with Crippen molar-refractivity contribution in [1.82, 2.24) is 9.55 Å². The molecule has 0 radical (unpaired) electrons. The lowest BCUT2D eigenvalue weighted by Gasteiger charge is -2.10. The van der Waals surface area contributed by atoms with Crippen LogP contribution >= 0.6 is 27.3 Å². The Bertz CT molecular complexity index is 885. The van der Waals surface area contributed by atoms with Crippen molar-refractivity contribution in [3.8, 4) is 5.75 Å². The molecule has 3 rings (SSSR count). The second-order valence-electron chi connectivity index (χ2n) is 4.92. The Balaban J connectivity index is 2.06. The van der Waals surface area contributed by atoms with Crippen LogP contribution in [0.1, 0.15) is 17.4 Å². The highest BCUT2D eigenvalue weighted by Gasteiger charge is 2.11. The molecule has 0 saturated carbocycles. The number of nitrogens with zero attached hydrogens (tertiary/aromatic N) is 2. The zero-order valence-electron chi connectivity index (χ0n) is 12.3. The highest BCUT2D eigenvalue weighted by Crippen LogP contribution is 2.24. The second kappa shape index (κ2) is 6.22. The minimum atomic E-state index is -0.0111. The van der Waals surface area contributed by atoms with Gasteiger partial charge in [-0.25, -0.2) is 4.98 Å². The predicted molar refractivity (Wildman–Crippen MR) is 93.1 cm³/mol. The number of rotatable bonds is 4. The molecule has 6 heteroatoms. The standard InChI is InChI=1S/C16H15BrN2O2S/c1-3-12-7-13-15(22-12)18-9-19(16(13)20)8-10-6-11(17)4-5-14(10)21-2/h4-7,9H,3,8H2,1-2H3. The summed E-state index contributed by atoms with van der Waals surface area (Å²) in [5, 5.41) is 0.693. The number of fused-ring (bicyclic) bond motifs is 1. The molecule has 0 saturated heterocycles. The van der Waals surface area contributed by atoms with Gasteiger partial charge in [-0.15, -0.1) is 11.3 Å². The third kappa shape index (κ3) is 2.80. The minimum Gasteiger partial charge on any atom is -0.496 e. The van der Waals surface area contributed by atoms with Crippen LogP contribution in [0.5, 0.6) is 5.75 Å². The molecule has 0 fully saturated rings. The average Bonchev–Trinajstić information content (AvgIpc) is 2.94. The van der Waals surface area contributed by atoms with Gasteiger partial charge in [-0.3, -0.25) is 9.36 Å². The summed E-state index contributed by atoms with van der Waals surface area (Å²) in [6, 6.07) is 7.71. The summed E-state index contributed by atoms with van der Waals surface area (Å²) in [7, 11) is 1.63. The van der Waals surface area contributed by atoms with Gasteiger partial charge in [0.05, 0.1) is 25.4 Å². The number of hydrogen-bond acceptors (Lipinski definition) is 4. The Morgan fingerprint density at radius 3 is 2.91 bits per heavy atom. The van der Waals surface area contributed by atoms with Crippen LogP contribution in [0.3, 0.4) is 0 Å². The van der Waals surface area contributed by atoms with Crippen LogP contribution in [0.15, 0.2) is 39.9 Å². The maximum absolute atomic E-state index is 12.6. The molecule has 0 unspecified atom stereocenters. The zero-order chi connectivity index (χ0) is 15.7. The molecule has 4 nitrogen and oxygen atoms in total. The molecule has 2 heterocycles. The number of hydrogen-bond donors (Lipinski definition) is 0. The van der Waals surface area contributed by atoms with E-state index in [2.05, 4.69) is 27.8 Å². The molecular formula is C16H15BrN2O2S. The third-order valence-corrected chi connectivity index (χ3v) is 5.18. The second-order valence-corrected chi connectivity index (χ2v) is 6.95. The first-order valence-electron chi connectivity index (χ1n) is 6.92. The number of methoxy groups -OCH3 is 1. The lowest BCUT2D eigenvalue weighted by Crippen LogP contribution is -2.20. The van der Waals surface area contributed by atoms with E-state index in [4.69, 9.17) is 4.74 Å². The van der Waals surface area contributed by atoms with E-state index in [0.717, 1.165) is 27.0 Å². The van der Waals surface area contributed by atoms with Crippen LogP contribution in [0.2, 0.25) is 0 Å². The summed E-state index contributed by atoms with van der Waals surface area (Å²) in [5.74, 6) is 0.759. The molecule has 1 aromatic carbocycles. The maximum Gasteiger partial charge on any atom is 0.262 e. The summed E-state index contributed by atoms with van der Waals surface area (Å²) in [4.78, 5) is 19.0. The van der Waals surface area contributed by atoms with Gasteiger partial charge in [0.15, 0.2) is 0 Å². The smallest absolute Gasteiger partial charge is 0.262 e. The van der Waals surface area contributed by atoms with E-state index in [1.165, 1.54) is 4.88 Å². The molecule has 0 bridgehead atoms. The molecule has 0 N–H and O–H groups in total. The normalized spacial score (nSPS) is 11.0. The van der Waals surface area contributed by atoms with E-state index in [9.17, 15) is 4.79 Å². The molecule has 22 heavy (non-hydrogen) atoms. The van der Waals surface area contributed by atoms with Crippen molar-refractivity contribution in [2.45, 2.75) is 19.9 Å². The first kappa shape index (κ1) is 15.2. The zero-order valence-corrected chi connectivity index (χ0v) is 14.7. The van der Waals surface area contributed by atoms with Gasteiger partial charge < -0.3 is 4.74 Å². The van der Waals surface area contributed by atoms with E-state index >= 15 is 0 Å². The first-order chi connectivity index (χ1) is 10.6. The fourth-order valence-electron chi connectivity index (χ4n) is 2.35. The van der Waals surface area contributed by atoms with E-state index in [0.29, 0.717) is 11.9 Å². The first-order valence-corrected chi connectivity index (χ1v) is 8.53. The van der Waals surface area contributed by atoms with E-state index in [1.807, 2.05) is 24.3 Å². The summed E-state index contributed by atoms with van der Waals surface area (Å²) in [6.07, 6.45) is 2.53. The van der Waals surface area contributed by atoms with Crippen molar-refractivity contribution in [1.29, 1.82) is 0 Å². The van der Waals surface area contributed by atoms with Gasteiger partial charge >= 0.3 is 0 Å². The fraction of sp³-hybridized carbons (Fsp3) is 0.250. The highest BCUT2D eigenvalue weighted by atomic mass is 79.9. The quantitative estimate of drug-likeness (QED) is 0.692. The van der Waals surface area contributed by atoms with E-state index in [-0.39, 0.29) is 5.56 Å². The summed E-state index contributed by atoms with van der Waals surface area (Å²) in [6.45, 7) is 2.51. The highest BCUT2D eigenvalue weighted by molar-refractivity contribution is 9.10. The van der Waals surface area contributed by atoms with Gasteiger partial charge in [-0.1, -0.05) is 22.9 Å². The Hall–Kier alpha value is -1.66. The largest absolute Gasteiger partial charge is 0.496 e. The van der Waals surface area contributed by atoms with Crippen molar-refractivity contribution in [3.05, 3.63) is 55.9 Å². The van der Waals surface area contributed by atoms with Crippen LogP contribution in [0.4, 0.5) is 0 Å². The summed E-state index contributed by atoms with van der Waals surface area (Å²) >= 11 is 5.03. The topological polar surface area (TPSA) is 44.1 Å². The lowest BCUT2D eigenvalue weighted by molar-refractivity contribution is 0.408. The third-order valence-electron chi connectivity index (χ3n) is 3.50. The molecule has 3 aromatic rings. The molecule has 0 spiro atoms. The number of benzene rings is 1. The maximum atomic E-state index is 12.6. The van der Waals surface area contributed by atoms with Gasteiger partial charge in [0, 0.05) is 14.9 Å². The van der Waals surface area contributed by atoms with Crippen LogP contribution in [0, 0.1) is 0 Å². The lowest BCUT2D eigenvalue weighted by atomic mass is 10.2. The number of thiophene rings is 1. The van der Waals surface area contributed by atoms with E-state index < -0.39 is 0 Å². The van der Waals surface area contributed by atoms with Crippen molar-refractivity contribution < 1.29 is 4.74 Å². The molecular weight excluding hydrogens is 364 g/mol. The predicted octanol–water partition coefficient (Wildman–Crippen LogP) is 3.84. The number of halogens is 1. The number of ether oxygens (including phenoxy) is 1. The van der Waals surface area contributed by atoms with Gasteiger partial charge in [-0.2, -0.15) is 0 Å². The van der Waals surface area contributed by atoms with Crippen molar-refractivity contribution in [2.75, 3.05) is 7.11 Å². The molecule has 0 atom stereocenters. The molecule has 0 aliphatic carbocycles. The van der Waals surface area contributed by atoms with Crippen molar-refractivity contribution in [2.24, 2.45) is 0 Å². The van der Waals surface area contributed by atoms with Crippen molar-refractivity contribution >= 4 is 37.5 Å². The van der Waals surface area contributed by atoms with Gasteiger partial charge in [0.1, 0.15) is 10.6 Å². The van der Waals surface area contributed by atoms with Crippen LogP contribution in [-0.2, 0) is 13.0 Å². The van der Waals surface area contributed by atoms with E-state index in [1.54, 1.807) is 29.3 Å². The Labute approximate surface area is 140 Å². The molecule has 2 aromatic heterocycles. The van der Waals surface area contributed by atoms with Crippen molar-refractivity contribution in [3.63, 3.8) is 0 Å². The summed E-state index contributed by atoms with van der Waals surface area (Å²) < 4.78 is 7.94. The Morgan fingerprint density at radius 2 is 2.18 bits per heavy atom. The molecule has 0 aliphatic heterocycles. The number of aromatic nitrogens is 2.